The highest BCUT2D eigenvalue weighted by Gasteiger charge is 2.27. The summed E-state index contributed by atoms with van der Waals surface area (Å²) in [6.07, 6.45) is 5.54. The first-order chi connectivity index (χ1) is 11.0. The van der Waals surface area contributed by atoms with Gasteiger partial charge < -0.3 is 4.74 Å². The molecule has 0 saturated carbocycles. The number of halogens is 4. The van der Waals surface area contributed by atoms with Gasteiger partial charge in [0.15, 0.2) is 17.4 Å². The second kappa shape index (κ2) is 10.7. The Kier molecular flexibility index (Phi) is 9.30. The lowest BCUT2D eigenvalue weighted by Gasteiger charge is -2.11. The fraction of sp³-hybridized carbons (Fsp3) is 0.571. The summed E-state index contributed by atoms with van der Waals surface area (Å²) in [6, 6.07) is 0. The van der Waals surface area contributed by atoms with E-state index in [1.54, 1.807) is 0 Å². The summed E-state index contributed by atoms with van der Waals surface area (Å²) in [5.41, 5.74) is 0. The maximum atomic E-state index is 13.7. The van der Waals surface area contributed by atoms with Gasteiger partial charge in [0.2, 0.25) is 11.6 Å². The van der Waals surface area contributed by atoms with Gasteiger partial charge in [0, 0.05) is 0 Å². The third-order valence-electron chi connectivity index (χ3n) is 3.07. The average Bonchev–Trinajstić information content (AvgIpc) is 2.55. The minimum atomic E-state index is -1.69. The first-order valence-corrected chi connectivity index (χ1v) is 7.92. The number of hydrogen-bond acceptors (Lipinski definition) is 5. The molecular formula is C14H18F4O4S. The second-order valence-corrected chi connectivity index (χ2v) is 5.47. The second-order valence-electron chi connectivity index (χ2n) is 4.76. The van der Waals surface area contributed by atoms with Crippen molar-refractivity contribution in [3.8, 4) is 5.75 Å². The third-order valence-corrected chi connectivity index (χ3v) is 3.73. The Bertz CT molecular complexity index is 473. The van der Waals surface area contributed by atoms with E-state index in [1.165, 1.54) is 0 Å². The van der Waals surface area contributed by atoms with E-state index in [2.05, 4.69) is 16.3 Å². The quantitative estimate of drug-likeness (QED) is 0.143. The molecule has 0 aliphatic rings. The molecule has 0 unspecified atom stereocenters. The first-order valence-electron chi connectivity index (χ1n) is 7.18. The van der Waals surface area contributed by atoms with Crippen molar-refractivity contribution >= 4 is 12.0 Å². The van der Waals surface area contributed by atoms with Crippen molar-refractivity contribution in [2.24, 2.45) is 0 Å². The fourth-order valence-corrected chi connectivity index (χ4v) is 2.32. The Morgan fingerprint density at radius 2 is 1.43 bits per heavy atom. The molecule has 1 rings (SSSR count). The standard InChI is InChI=1S/C14H18F4O4S/c1-2-3-4-5-6-7-8-20-13-9(15)11(17)14(23-22-21-19)12(18)10(13)16/h19H,2-8H2,1H3. The van der Waals surface area contributed by atoms with Crippen molar-refractivity contribution in [2.75, 3.05) is 6.61 Å². The van der Waals surface area contributed by atoms with Crippen LogP contribution in [0.2, 0.25) is 0 Å². The molecule has 0 spiro atoms. The highest BCUT2D eigenvalue weighted by atomic mass is 32.2. The highest BCUT2D eigenvalue weighted by molar-refractivity contribution is 7.94. The van der Waals surface area contributed by atoms with Crippen LogP contribution in [-0.2, 0) is 9.37 Å². The van der Waals surface area contributed by atoms with Crippen molar-refractivity contribution in [1.29, 1.82) is 0 Å². The summed E-state index contributed by atoms with van der Waals surface area (Å²) in [7, 11) is 0. The first kappa shape index (κ1) is 20.0. The zero-order valence-corrected chi connectivity index (χ0v) is 13.4. The molecule has 0 atom stereocenters. The fourth-order valence-electron chi connectivity index (χ4n) is 1.90. The SMILES string of the molecule is CCCCCCCCOc1c(F)c(F)c(SOOO)c(F)c1F. The molecule has 0 bridgehead atoms. The minimum absolute atomic E-state index is 0.0540. The van der Waals surface area contributed by atoms with E-state index in [-0.39, 0.29) is 18.6 Å². The molecule has 0 aliphatic carbocycles. The normalized spacial score (nSPS) is 11.0. The topological polar surface area (TPSA) is 47.9 Å². The van der Waals surface area contributed by atoms with E-state index < -0.39 is 33.9 Å². The Labute approximate surface area is 135 Å². The van der Waals surface area contributed by atoms with Crippen LogP contribution in [0.1, 0.15) is 45.4 Å². The van der Waals surface area contributed by atoms with Crippen LogP contribution in [0.25, 0.3) is 0 Å². The van der Waals surface area contributed by atoms with E-state index in [0.29, 0.717) is 6.42 Å². The molecule has 9 heteroatoms. The van der Waals surface area contributed by atoms with Gasteiger partial charge in [-0.2, -0.15) is 8.78 Å². The molecule has 1 aromatic carbocycles. The van der Waals surface area contributed by atoms with Crippen molar-refractivity contribution in [2.45, 2.75) is 50.3 Å². The molecule has 23 heavy (non-hydrogen) atoms. The number of ether oxygens (including phenoxy) is 1. The van der Waals surface area contributed by atoms with E-state index in [0.717, 1.165) is 32.1 Å². The zero-order valence-electron chi connectivity index (χ0n) is 12.5. The molecular weight excluding hydrogens is 340 g/mol. The molecule has 1 aromatic rings. The van der Waals surface area contributed by atoms with Gasteiger partial charge in [0.05, 0.1) is 18.6 Å². The van der Waals surface area contributed by atoms with Crippen LogP contribution in [0.3, 0.4) is 0 Å². The molecule has 0 aromatic heterocycles. The van der Waals surface area contributed by atoms with Crippen LogP contribution >= 0.6 is 12.0 Å². The smallest absolute Gasteiger partial charge is 0.205 e. The van der Waals surface area contributed by atoms with Crippen LogP contribution in [0, 0.1) is 23.3 Å². The summed E-state index contributed by atoms with van der Waals surface area (Å²) in [6.45, 7) is 2.03. The Morgan fingerprint density at radius 1 is 0.870 bits per heavy atom. The van der Waals surface area contributed by atoms with Gasteiger partial charge in [-0.05, 0) is 6.42 Å². The van der Waals surface area contributed by atoms with Gasteiger partial charge in [-0.15, -0.1) is 4.33 Å². The van der Waals surface area contributed by atoms with Crippen LogP contribution in [-0.4, -0.2) is 11.9 Å². The van der Waals surface area contributed by atoms with Gasteiger partial charge in [0.25, 0.3) is 0 Å². The van der Waals surface area contributed by atoms with Crippen LogP contribution in [0.5, 0.6) is 5.75 Å². The molecule has 4 nitrogen and oxygen atoms in total. The van der Waals surface area contributed by atoms with Gasteiger partial charge in [-0.1, -0.05) is 44.1 Å². The van der Waals surface area contributed by atoms with Gasteiger partial charge in [0.1, 0.15) is 4.90 Å². The lowest BCUT2D eigenvalue weighted by atomic mass is 10.1. The van der Waals surface area contributed by atoms with Crippen molar-refractivity contribution in [1.82, 2.24) is 0 Å². The van der Waals surface area contributed by atoms with Gasteiger partial charge in [-0.3, -0.25) is 0 Å². The molecule has 0 saturated heterocycles. The molecule has 1 N–H and O–H groups in total. The maximum absolute atomic E-state index is 13.7. The van der Waals surface area contributed by atoms with E-state index in [1.807, 2.05) is 0 Å². The molecule has 0 aliphatic heterocycles. The summed E-state index contributed by atoms with van der Waals surface area (Å²) in [5.74, 6) is -7.83. The Hall–Kier alpha value is -1.03. The summed E-state index contributed by atoms with van der Waals surface area (Å²) in [4.78, 5) is -1.12. The summed E-state index contributed by atoms with van der Waals surface area (Å²) < 4.78 is 63.4. The number of rotatable bonds is 11. The predicted octanol–water partition coefficient (Wildman–Crippen LogP) is 5.41. The summed E-state index contributed by atoms with van der Waals surface area (Å²) >= 11 is -0.208. The average molecular weight is 358 g/mol. The van der Waals surface area contributed by atoms with Gasteiger partial charge in [-0.25, -0.2) is 14.0 Å². The zero-order chi connectivity index (χ0) is 17.2. The van der Waals surface area contributed by atoms with Crippen LogP contribution in [0.4, 0.5) is 17.6 Å². The van der Waals surface area contributed by atoms with Crippen LogP contribution < -0.4 is 4.74 Å². The van der Waals surface area contributed by atoms with E-state index >= 15 is 0 Å². The number of hydrogen-bond donors (Lipinski definition) is 1. The monoisotopic (exact) mass is 358 g/mol. The minimum Gasteiger partial charge on any atom is -0.487 e. The largest absolute Gasteiger partial charge is 0.487 e. The molecule has 0 amide bonds. The van der Waals surface area contributed by atoms with Crippen molar-refractivity contribution in [3.05, 3.63) is 23.3 Å². The molecule has 0 radical (unpaired) electrons. The van der Waals surface area contributed by atoms with E-state index in [4.69, 9.17) is 9.99 Å². The lowest BCUT2D eigenvalue weighted by molar-refractivity contribution is -0.432. The van der Waals surface area contributed by atoms with Gasteiger partial charge >= 0.3 is 0 Å². The molecule has 132 valence electrons. The van der Waals surface area contributed by atoms with Crippen molar-refractivity contribution < 1.29 is 36.9 Å². The maximum Gasteiger partial charge on any atom is 0.205 e. The van der Waals surface area contributed by atoms with Crippen molar-refractivity contribution in [3.63, 3.8) is 0 Å². The molecule has 0 heterocycles. The van der Waals surface area contributed by atoms with E-state index in [9.17, 15) is 17.6 Å². The Morgan fingerprint density at radius 3 is 2.00 bits per heavy atom. The summed E-state index contributed by atoms with van der Waals surface area (Å²) in [5, 5.41) is 11.1. The number of unbranched alkanes of at least 4 members (excludes halogenated alkanes) is 5. The third kappa shape index (κ3) is 5.83. The van der Waals surface area contributed by atoms with Crippen LogP contribution in [0.15, 0.2) is 4.90 Å². The lowest BCUT2D eigenvalue weighted by Crippen LogP contribution is -2.07. The number of benzene rings is 1. The Balaban J connectivity index is 2.65. The highest BCUT2D eigenvalue weighted by Crippen LogP contribution is 2.35. The molecule has 0 fully saturated rings. The predicted molar refractivity (Wildman–Crippen MR) is 75.8 cm³/mol.